The van der Waals surface area contributed by atoms with Crippen molar-refractivity contribution in [2.24, 2.45) is 5.92 Å². The van der Waals surface area contributed by atoms with Crippen LogP contribution in [0.1, 0.15) is 35.3 Å². The van der Waals surface area contributed by atoms with Gasteiger partial charge in [0.25, 0.3) is 5.91 Å². The smallest absolute Gasteiger partial charge is 0.259 e. The Morgan fingerprint density at radius 3 is 2.50 bits per heavy atom. The van der Waals surface area contributed by atoms with E-state index in [1.165, 1.54) is 54.5 Å². The van der Waals surface area contributed by atoms with Gasteiger partial charge in [-0.3, -0.25) is 4.79 Å². The number of rotatable bonds is 6. The number of benzene rings is 2. The molecular formula is C29H29F2N3O5S. The molecule has 40 heavy (non-hydrogen) atoms. The number of aromatic nitrogens is 1. The van der Waals surface area contributed by atoms with Crippen LogP contribution in [0.2, 0.25) is 0 Å². The van der Waals surface area contributed by atoms with Gasteiger partial charge in [0, 0.05) is 36.8 Å². The van der Waals surface area contributed by atoms with Crippen molar-refractivity contribution in [1.82, 2.24) is 14.2 Å². The number of carbonyl (C=O) groups excluding carboxylic acids is 1. The van der Waals surface area contributed by atoms with Crippen molar-refractivity contribution in [3.63, 3.8) is 0 Å². The molecule has 11 heteroatoms. The van der Waals surface area contributed by atoms with Crippen LogP contribution in [0.3, 0.4) is 0 Å². The molecule has 1 aliphatic rings. The Balaban J connectivity index is 1.68. The van der Waals surface area contributed by atoms with Crippen LogP contribution in [0.25, 0.3) is 0 Å². The lowest BCUT2D eigenvalue weighted by molar-refractivity contribution is 0.0373. The molecule has 4 rings (SSSR count). The standard InChI is InChI=1S/C29H29F2N3O5S/c1-19-16-34(20(2)18-35)29(36)26-14-22(8-7-21-5-4-6-24(31)13-21)15-32-28(26)39-27(19)17-33(3)40(37,38)25-11-9-23(30)10-12-25/h4-6,9-15,19-20,27,35H,16-18H2,1-3H3/t19-,20+,27-/m0/s1. The zero-order valence-corrected chi connectivity index (χ0v) is 23.0. The van der Waals surface area contributed by atoms with E-state index in [1.807, 2.05) is 6.92 Å². The van der Waals surface area contributed by atoms with Gasteiger partial charge in [-0.15, -0.1) is 0 Å². The number of pyridine rings is 1. The maximum absolute atomic E-state index is 13.6. The molecule has 210 valence electrons. The van der Waals surface area contributed by atoms with E-state index < -0.39 is 39.7 Å². The number of aliphatic hydroxyl groups excluding tert-OH is 1. The molecule has 0 unspecified atom stereocenters. The lowest BCUT2D eigenvalue weighted by Gasteiger charge is -2.37. The number of nitrogens with zero attached hydrogens (tertiary/aromatic N) is 3. The summed E-state index contributed by atoms with van der Waals surface area (Å²) in [5, 5.41) is 9.84. The minimum atomic E-state index is -3.96. The molecule has 1 aromatic heterocycles. The zero-order valence-electron chi connectivity index (χ0n) is 22.2. The topological polar surface area (TPSA) is 100 Å². The van der Waals surface area contributed by atoms with Crippen LogP contribution in [0.5, 0.6) is 5.88 Å². The number of halogens is 2. The first-order valence-electron chi connectivity index (χ1n) is 12.6. The van der Waals surface area contributed by atoms with Gasteiger partial charge in [-0.1, -0.05) is 24.8 Å². The Morgan fingerprint density at radius 2 is 1.82 bits per heavy atom. The zero-order chi connectivity index (χ0) is 29.0. The second kappa shape index (κ2) is 12.1. The number of hydrogen-bond acceptors (Lipinski definition) is 6. The van der Waals surface area contributed by atoms with Gasteiger partial charge in [-0.05, 0) is 55.5 Å². The van der Waals surface area contributed by atoms with Crippen LogP contribution < -0.4 is 4.74 Å². The quantitative estimate of drug-likeness (QED) is 0.458. The summed E-state index contributed by atoms with van der Waals surface area (Å²) in [5.41, 5.74) is 0.939. The van der Waals surface area contributed by atoms with Crippen LogP contribution in [-0.4, -0.2) is 72.5 Å². The number of fused-ring (bicyclic) bond motifs is 1. The number of ether oxygens (including phenoxy) is 1. The van der Waals surface area contributed by atoms with Gasteiger partial charge in [0.2, 0.25) is 15.9 Å². The molecule has 1 N–H and O–H groups in total. The SMILES string of the molecule is C[C@H](CO)N1C[C@H](C)[C@H](CN(C)S(=O)(=O)c2ccc(F)cc2)Oc2ncc(C#Cc3cccc(F)c3)cc2C1=O. The van der Waals surface area contributed by atoms with Gasteiger partial charge in [-0.2, -0.15) is 4.31 Å². The predicted molar refractivity (Wildman–Crippen MR) is 144 cm³/mol. The van der Waals surface area contributed by atoms with Gasteiger partial charge in [-0.25, -0.2) is 22.2 Å². The number of amides is 1. The molecule has 0 fully saturated rings. The first-order chi connectivity index (χ1) is 19.0. The fraction of sp³-hybridized carbons (Fsp3) is 0.310. The molecule has 2 aromatic carbocycles. The van der Waals surface area contributed by atoms with E-state index in [0.717, 1.165) is 16.4 Å². The number of likely N-dealkylation sites (N-methyl/N-ethyl adjacent to an activating group) is 1. The molecule has 3 aromatic rings. The van der Waals surface area contributed by atoms with Gasteiger partial charge >= 0.3 is 0 Å². The summed E-state index contributed by atoms with van der Waals surface area (Å²) in [6, 6.07) is 11.3. The summed E-state index contributed by atoms with van der Waals surface area (Å²) < 4.78 is 60.4. The number of carbonyl (C=O) groups is 1. The maximum Gasteiger partial charge on any atom is 0.259 e. The van der Waals surface area contributed by atoms with E-state index in [-0.39, 0.29) is 42.0 Å². The second-order valence-electron chi connectivity index (χ2n) is 9.70. The molecule has 0 radical (unpaired) electrons. The Bertz CT molecular complexity index is 1550. The molecule has 0 saturated carbocycles. The molecule has 2 heterocycles. The minimum Gasteiger partial charge on any atom is -0.472 e. The van der Waals surface area contributed by atoms with Crippen molar-refractivity contribution in [2.45, 2.75) is 30.9 Å². The average Bonchev–Trinajstić information content (AvgIpc) is 2.93. The van der Waals surface area contributed by atoms with Gasteiger partial charge in [0.1, 0.15) is 23.3 Å². The van der Waals surface area contributed by atoms with Crippen LogP contribution >= 0.6 is 0 Å². The number of hydrogen-bond donors (Lipinski definition) is 1. The largest absolute Gasteiger partial charge is 0.472 e. The summed E-state index contributed by atoms with van der Waals surface area (Å²) in [7, 11) is -2.57. The molecule has 3 atom stereocenters. The maximum atomic E-state index is 13.6. The highest BCUT2D eigenvalue weighted by Crippen LogP contribution is 2.28. The minimum absolute atomic E-state index is 0.000533. The third-order valence-corrected chi connectivity index (χ3v) is 8.49. The second-order valence-corrected chi connectivity index (χ2v) is 11.7. The Morgan fingerprint density at radius 1 is 1.12 bits per heavy atom. The van der Waals surface area contributed by atoms with Gasteiger partial charge in [0.05, 0.1) is 24.1 Å². The highest BCUT2D eigenvalue weighted by molar-refractivity contribution is 7.89. The first kappa shape index (κ1) is 29.1. The van der Waals surface area contributed by atoms with E-state index in [4.69, 9.17) is 4.74 Å². The van der Waals surface area contributed by atoms with Crippen molar-refractivity contribution in [3.05, 3.63) is 89.1 Å². The lowest BCUT2D eigenvalue weighted by Crippen LogP contribution is -2.50. The monoisotopic (exact) mass is 569 g/mol. The van der Waals surface area contributed by atoms with Crippen molar-refractivity contribution < 1.29 is 31.8 Å². The molecule has 0 saturated heterocycles. The van der Waals surface area contributed by atoms with E-state index in [1.54, 1.807) is 13.0 Å². The summed E-state index contributed by atoms with van der Waals surface area (Å²) in [5.74, 6) is 3.97. The number of sulfonamides is 1. The van der Waals surface area contributed by atoms with Crippen molar-refractivity contribution in [2.75, 3.05) is 26.7 Å². The van der Waals surface area contributed by atoms with E-state index in [2.05, 4.69) is 16.8 Å². The van der Waals surface area contributed by atoms with Crippen LogP contribution in [-0.2, 0) is 10.0 Å². The summed E-state index contributed by atoms with van der Waals surface area (Å²) >= 11 is 0. The van der Waals surface area contributed by atoms with Crippen LogP contribution in [0.15, 0.2) is 65.7 Å². The van der Waals surface area contributed by atoms with Gasteiger partial charge < -0.3 is 14.7 Å². The normalized spacial score (nSPS) is 18.2. The lowest BCUT2D eigenvalue weighted by atomic mass is 10.0. The van der Waals surface area contributed by atoms with Crippen LogP contribution in [0, 0.1) is 29.4 Å². The van der Waals surface area contributed by atoms with Crippen molar-refractivity contribution in [1.29, 1.82) is 0 Å². The highest BCUT2D eigenvalue weighted by atomic mass is 32.2. The Kier molecular flexibility index (Phi) is 8.83. The molecule has 0 spiro atoms. The Labute approximate surface area is 232 Å². The average molecular weight is 570 g/mol. The fourth-order valence-electron chi connectivity index (χ4n) is 4.24. The van der Waals surface area contributed by atoms with E-state index >= 15 is 0 Å². The third kappa shape index (κ3) is 6.47. The summed E-state index contributed by atoms with van der Waals surface area (Å²) in [6.07, 6.45) is 0.692. The number of aliphatic hydroxyl groups is 1. The van der Waals surface area contributed by atoms with E-state index in [0.29, 0.717) is 11.1 Å². The Hall–Kier alpha value is -3.85. The highest BCUT2D eigenvalue weighted by Gasteiger charge is 2.36. The van der Waals surface area contributed by atoms with E-state index in [9.17, 15) is 27.1 Å². The molecule has 1 aliphatic heterocycles. The predicted octanol–water partition coefficient (Wildman–Crippen LogP) is 3.30. The summed E-state index contributed by atoms with van der Waals surface area (Å²) in [4.78, 5) is 19.3. The molecule has 8 nitrogen and oxygen atoms in total. The summed E-state index contributed by atoms with van der Waals surface area (Å²) in [6.45, 7) is 3.32. The fourth-order valence-corrected chi connectivity index (χ4v) is 5.42. The first-order valence-corrected chi connectivity index (χ1v) is 14.0. The van der Waals surface area contributed by atoms with Crippen molar-refractivity contribution >= 4 is 15.9 Å². The molecule has 0 bridgehead atoms. The van der Waals surface area contributed by atoms with Crippen LogP contribution in [0.4, 0.5) is 8.78 Å². The molecule has 1 amide bonds. The molecule has 0 aliphatic carbocycles. The third-order valence-electron chi connectivity index (χ3n) is 6.66. The van der Waals surface area contributed by atoms with Gasteiger partial charge in [0.15, 0.2) is 0 Å². The van der Waals surface area contributed by atoms with Crippen molar-refractivity contribution in [3.8, 4) is 17.7 Å². The molecular weight excluding hydrogens is 540 g/mol.